The monoisotopic (exact) mass is 390 g/mol. The summed E-state index contributed by atoms with van der Waals surface area (Å²) in [5.74, 6) is -0.199. The average Bonchev–Trinajstić information content (AvgIpc) is 2.67. The molecule has 21 heavy (non-hydrogen) atoms. The zero-order chi connectivity index (χ0) is 15.8. The number of hydrogen-bond acceptors (Lipinski definition) is 4. The summed E-state index contributed by atoms with van der Waals surface area (Å²) in [4.78, 5) is 16.4. The molecule has 0 fully saturated rings. The van der Waals surface area contributed by atoms with Crippen molar-refractivity contribution in [1.29, 1.82) is 0 Å². The molecule has 0 aliphatic carbocycles. The van der Waals surface area contributed by atoms with Gasteiger partial charge in [-0.15, -0.1) is 0 Å². The van der Waals surface area contributed by atoms with E-state index in [1.165, 1.54) is 13.0 Å². The normalized spacial score (nSPS) is 12.3. The first kappa shape index (κ1) is 16.1. The minimum atomic E-state index is -3.78. The number of amides is 1. The number of aryl methyl sites for hydroxylation is 1. The van der Waals surface area contributed by atoms with Gasteiger partial charge in [0.1, 0.15) is 0 Å². The first-order valence-corrected chi connectivity index (χ1v) is 9.41. The fraction of sp³-hybridized carbons (Fsp3) is 0.167. The van der Waals surface area contributed by atoms with E-state index < -0.39 is 20.5 Å². The van der Waals surface area contributed by atoms with Crippen molar-refractivity contribution in [1.82, 2.24) is 4.98 Å². The Labute approximate surface area is 133 Å². The third kappa shape index (κ3) is 3.67. The fourth-order valence-corrected chi connectivity index (χ4v) is 5.34. The van der Waals surface area contributed by atoms with E-state index in [-0.39, 0.29) is 10.8 Å². The predicted molar refractivity (Wildman–Crippen MR) is 86.2 cm³/mol. The Bertz CT molecular complexity index is 815. The smallest absolute Gasteiger partial charge is 0.275 e. The SMILES string of the molecule is CC(=O)Nc1nc(C)c[s+]1-c1ccc(S(N)(=O)=O)c(Br)c1. The lowest BCUT2D eigenvalue weighted by Crippen LogP contribution is -2.12. The summed E-state index contributed by atoms with van der Waals surface area (Å²) < 4.78 is 23.2. The summed E-state index contributed by atoms with van der Waals surface area (Å²) in [6, 6.07) is 4.78. The van der Waals surface area contributed by atoms with E-state index in [2.05, 4.69) is 26.2 Å². The van der Waals surface area contributed by atoms with Crippen molar-refractivity contribution in [2.75, 3.05) is 5.32 Å². The second-order valence-electron chi connectivity index (χ2n) is 4.33. The van der Waals surface area contributed by atoms with Crippen molar-refractivity contribution in [3.8, 4) is 4.90 Å². The van der Waals surface area contributed by atoms with Gasteiger partial charge in [0.05, 0.1) is 21.1 Å². The summed E-state index contributed by atoms with van der Waals surface area (Å²) in [6.45, 7) is 3.25. The van der Waals surface area contributed by atoms with Gasteiger partial charge in [0, 0.05) is 17.5 Å². The van der Waals surface area contributed by atoms with E-state index in [0.29, 0.717) is 9.60 Å². The van der Waals surface area contributed by atoms with Crippen LogP contribution in [0.3, 0.4) is 0 Å². The second kappa shape index (κ2) is 5.84. The second-order valence-corrected chi connectivity index (χ2v) is 8.49. The molecule has 0 aliphatic heterocycles. The van der Waals surface area contributed by atoms with E-state index in [1.807, 2.05) is 12.3 Å². The Morgan fingerprint density at radius 3 is 2.62 bits per heavy atom. The number of anilines is 1. The number of sulfonamides is 1. The van der Waals surface area contributed by atoms with Gasteiger partial charge in [-0.3, -0.25) is 10.1 Å². The van der Waals surface area contributed by atoms with Crippen LogP contribution in [0.1, 0.15) is 12.6 Å². The summed E-state index contributed by atoms with van der Waals surface area (Å²) in [7, 11) is -4.31. The molecule has 1 heterocycles. The van der Waals surface area contributed by atoms with Crippen LogP contribution in [0.5, 0.6) is 0 Å². The molecular formula is C12H13BrN3O3S2+. The molecule has 6 nitrogen and oxygen atoms in total. The van der Waals surface area contributed by atoms with Crippen LogP contribution in [0.15, 0.2) is 32.9 Å². The first-order chi connectivity index (χ1) is 9.68. The largest absolute Gasteiger partial charge is 0.352 e. The molecule has 0 bridgehead atoms. The summed E-state index contributed by atoms with van der Waals surface area (Å²) in [5, 5.41) is 10.3. The Morgan fingerprint density at radius 1 is 1.43 bits per heavy atom. The van der Waals surface area contributed by atoms with Crippen LogP contribution in [-0.4, -0.2) is 19.3 Å². The quantitative estimate of drug-likeness (QED) is 0.785. The lowest BCUT2D eigenvalue weighted by atomic mass is 10.4. The molecule has 0 radical (unpaired) electrons. The van der Waals surface area contributed by atoms with Gasteiger partial charge in [0.15, 0.2) is 10.3 Å². The van der Waals surface area contributed by atoms with Crippen molar-refractivity contribution in [3.05, 3.63) is 33.7 Å². The third-order valence-electron chi connectivity index (χ3n) is 2.52. The highest BCUT2D eigenvalue weighted by molar-refractivity contribution is 9.10. The molecule has 1 atom stereocenters. The molecule has 0 saturated carbocycles. The van der Waals surface area contributed by atoms with Gasteiger partial charge in [-0.05, 0) is 35.0 Å². The minimum Gasteiger partial charge on any atom is -0.275 e. The molecule has 0 spiro atoms. The summed E-state index contributed by atoms with van der Waals surface area (Å²) in [5.41, 5.74) is 0.800. The van der Waals surface area contributed by atoms with Gasteiger partial charge in [-0.1, -0.05) is 0 Å². The number of nitrogens with one attached hydrogen (secondary N) is 1. The number of thiazole rings is 1. The number of hydrogen-bond donors (Lipinski definition) is 2. The number of carbonyl (C=O) groups is 1. The lowest BCUT2D eigenvalue weighted by molar-refractivity contribution is -0.114. The van der Waals surface area contributed by atoms with E-state index in [9.17, 15) is 13.2 Å². The van der Waals surface area contributed by atoms with Crippen LogP contribution in [-0.2, 0) is 14.8 Å². The van der Waals surface area contributed by atoms with Crippen molar-refractivity contribution >= 4 is 47.5 Å². The number of halogens is 1. The molecule has 1 aromatic carbocycles. The number of carbonyl (C=O) groups excluding carboxylic acids is 1. The van der Waals surface area contributed by atoms with Gasteiger partial charge in [-0.25, -0.2) is 13.6 Å². The van der Waals surface area contributed by atoms with Crippen molar-refractivity contribution in [3.63, 3.8) is 0 Å². The molecule has 1 unspecified atom stereocenters. The van der Waals surface area contributed by atoms with Gasteiger partial charge in [-0.2, -0.15) is 4.98 Å². The maximum absolute atomic E-state index is 11.4. The number of aromatic nitrogens is 1. The molecule has 0 saturated heterocycles. The van der Waals surface area contributed by atoms with Gasteiger partial charge < -0.3 is 0 Å². The fourth-order valence-electron chi connectivity index (χ4n) is 1.72. The van der Waals surface area contributed by atoms with Crippen LogP contribution in [0.4, 0.5) is 5.13 Å². The molecule has 112 valence electrons. The van der Waals surface area contributed by atoms with Gasteiger partial charge >= 0.3 is 5.13 Å². The van der Waals surface area contributed by atoms with E-state index in [1.54, 1.807) is 12.1 Å². The number of nitrogens with zero attached hydrogens (tertiary/aromatic N) is 1. The molecule has 2 aromatic rings. The van der Waals surface area contributed by atoms with Crippen LogP contribution in [0, 0.1) is 6.92 Å². The van der Waals surface area contributed by atoms with E-state index in [0.717, 1.165) is 10.6 Å². The number of nitrogens with two attached hydrogens (primary N) is 1. The predicted octanol–water partition coefficient (Wildman–Crippen LogP) is 2.50. The zero-order valence-electron chi connectivity index (χ0n) is 11.3. The third-order valence-corrected chi connectivity index (χ3v) is 6.36. The highest BCUT2D eigenvalue weighted by Gasteiger charge is 2.23. The van der Waals surface area contributed by atoms with Crippen molar-refractivity contribution < 1.29 is 13.2 Å². The summed E-state index contributed by atoms with van der Waals surface area (Å²) in [6.07, 6.45) is 0. The molecule has 0 aliphatic rings. The number of benzene rings is 1. The number of rotatable bonds is 3. The standard InChI is InChI=1S/C12H12BrN3O3S2/c1-7-6-20(12(15-7)16-8(2)17)9-3-4-11(10(13)5-9)21(14,18)19/h3-6H,1-2H3,(H2-,14,15,16,17,18,19)/p+1. The zero-order valence-corrected chi connectivity index (χ0v) is 14.5. The molecule has 1 amide bonds. The topological polar surface area (TPSA) is 102 Å². The molecular weight excluding hydrogens is 378 g/mol. The highest BCUT2D eigenvalue weighted by atomic mass is 79.9. The van der Waals surface area contributed by atoms with E-state index >= 15 is 0 Å². The van der Waals surface area contributed by atoms with E-state index in [4.69, 9.17) is 5.14 Å². The molecule has 2 rings (SSSR count). The number of primary sulfonamides is 1. The Kier molecular flexibility index (Phi) is 4.47. The Hall–Kier alpha value is -1.29. The van der Waals surface area contributed by atoms with Crippen LogP contribution in [0.25, 0.3) is 4.90 Å². The van der Waals surface area contributed by atoms with Crippen molar-refractivity contribution in [2.24, 2.45) is 5.14 Å². The Morgan fingerprint density at radius 2 is 2.10 bits per heavy atom. The minimum absolute atomic E-state index is 0.0211. The molecule has 1 aromatic heterocycles. The van der Waals surface area contributed by atoms with Crippen LogP contribution in [0.2, 0.25) is 0 Å². The summed E-state index contributed by atoms with van der Waals surface area (Å²) >= 11 is 3.21. The lowest BCUT2D eigenvalue weighted by Gasteiger charge is -2.01. The van der Waals surface area contributed by atoms with Gasteiger partial charge in [0.2, 0.25) is 15.9 Å². The molecule has 9 heteroatoms. The molecule has 3 N–H and O–H groups in total. The van der Waals surface area contributed by atoms with Crippen LogP contribution >= 0.6 is 26.4 Å². The highest BCUT2D eigenvalue weighted by Crippen LogP contribution is 2.41. The van der Waals surface area contributed by atoms with Crippen molar-refractivity contribution in [2.45, 2.75) is 18.7 Å². The van der Waals surface area contributed by atoms with Crippen LogP contribution < -0.4 is 10.5 Å². The maximum Gasteiger partial charge on any atom is 0.352 e. The first-order valence-electron chi connectivity index (χ1n) is 5.78. The average molecular weight is 391 g/mol. The maximum atomic E-state index is 11.4. The Balaban J connectivity index is 2.53. The van der Waals surface area contributed by atoms with Gasteiger partial charge in [0.25, 0.3) is 0 Å².